The van der Waals surface area contributed by atoms with Crippen molar-refractivity contribution in [2.45, 2.75) is 25.7 Å². The van der Waals surface area contributed by atoms with Crippen LogP contribution in [0.25, 0.3) is 22.4 Å². The second kappa shape index (κ2) is 7.66. The maximum Gasteiger partial charge on any atom is 0.269 e. The molecule has 3 N–H and O–H groups in total. The molecule has 140 valence electrons. The average Bonchev–Trinajstić information content (AvgIpc) is 3.12. The second-order valence-corrected chi connectivity index (χ2v) is 7.93. The molecule has 1 fully saturated rings. The first-order chi connectivity index (χ1) is 13.2. The van der Waals surface area contributed by atoms with E-state index in [1.165, 1.54) is 0 Å². The topological polar surface area (TPSA) is 101 Å². The molecule has 2 aromatic heterocycles. The first-order valence-electron chi connectivity index (χ1n) is 9.16. The molecule has 0 spiro atoms. The Morgan fingerprint density at radius 3 is 2.67 bits per heavy atom. The van der Waals surface area contributed by atoms with Crippen molar-refractivity contribution in [2.24, 2.45) is 5.73 Å². The lowest BCUT2D eigenvalue weighted by Gasteiger charge is -2.29. The zero-order valence-corrected chi connectivity index (χ0v) is 16.0. The molecule has 0 atom stereocenters. The smallest absolute Gasteiger partial charge is 0.269 e. The molecule has 3 heterocycles. The fourth-order valence-electron chi connectivity index (χ4n) is 3.54. The van der Waals surface area contributed by atoms with Crippen LogP contribution >= 0.6 is 11.9 Å². The van der Waals surface area contributed by atoms with Gasteiger partial charge in [0.15, 0.2) is 11.5 Å². The van der Waals surface area contributed by atoms with Gasteiger partial charge >= 0.3 is 0 Å². The molecule has 4 rings (SSSR count). The van der Waals surface area contributed by atoms with Crippen LogP contribution in [-0.2, 0) is 0 Å². The molecular weight excluding hydrogens is 360 g/mol. The lowest BCUT2D eigenvalue weighted by atomic mass is 9.94. The molecule has 1 aromatic carbocycles. The number of amides is 1. The highest BCUT2D eigenvalue weighted by molar-refractivity contribution is 7.96. The zero-order valence-electron chi connectivity index (χ0n) is 15.2. The minimum Gasteiger partial charge on any atom is -0.364 e. The van der Waals surface area contributed by atoms with E-state index in [9.17, 15) is 4.79 Å². The molecule has 7 nitrogen and oxygen atoms in total. The van der Waals surface area contributed by atoms with Gasteiger partial charge < -0.3 is 5.73 Å². The molecular formula is C19H22N6OS. The summed E-state index contributed by atoms with van der Waals surface area (Å²) in [5.41, 5.74) is 8.77. The van der Waals surface area contributed by atoms with Crippen molar-refractivity contribution in [2.75, 3.05) is 18.8 Å². The summed E-state index contributed by atoms with van der Waals surface area (Å²) in [6, 6.07) is 9.62. The normalized spacial score (nSPS) is 16.0. The Hall–Kier alpha value is -2.45. The third-order valence-electron chi connectivity index (χ3n) is 4.86. The number of H-pyrrole nitrogens is 1. The van der Waals surface area contributed by atoms with E-state index >= 15 is 0 Å². The van der Waals surface area contributed by atoms with Gasteiger partial charge in [0.05, 0.1) is 5.69 Å². The molecule has 8 heteroatoms. The summed E-state index contributed by atoms with van der Waals surface area (Å²) in [5, 5.41) is 7.46. The van der Waals surface area contributed by atoms with Gasteiger partial charge in [0.25, 0.3) is 5.91 Å². The molecule has 0 radical (unpaired) electrons. The van der Waals surface area contributed by atoms with E-state index in [4.69, 9.17) is 10.7 Å². The van der Waals surface area contributed by atoms with Gasteiger partial charge in [-0.2, -0.15) is 5.10 Å². The summed E-state index contributed by atoms with van der Waals surface area (Å²) in [6.45, 7) is 4.22. The van der Waals surface area contributed by atoms with E-state index in [2.05, 4.69) is 26.4 Å². The Kier molecular flexibility index (Phi) is 5.09. The number of hydrogen-bond acceptors (Lipinski definition) is 6. The monoisotopic (exact) mass is 382 g/mol. The van der Waals surface area contributed by atoms with Crippen molar-refractivity contribution in [1.29, 1.82) is 0 Å². The fraction of sp³-hybridized carbons (Fsp3) is 0.368. The average molecular weight is 382 g/mol. The first-order valence-corrected chi connectivity index (χ1v) is 10.1. The summed E-state index contributed by atoms with van der Waals surface area (Å²) in [6.07, 6.45) is 2.03. The summed E-state index contributed by atoms with van der Waals surface area (Å²) in [5.74, 6) is 1.32. The van der Waals surface area contributed by atoms with Crippen molar-refractivity contribution in [1.82, 2.24) is 24.5 Å². The van der Waals surface area contributed by atoms with Crippen LogP contribution in [0.2, 0.25) is 0 Å². The highest BCUT2D eigenvalue weighted by Crippen LogP contribution is 2.33. The second-order valence-electron chi connectivity index (χ2n) is 6.58. The van der Waals surface area contributed by atoms with Crippen LogP contribution in [0.1, 0.15) is 41.9 Å². The predicted molar refractivity (Wildman–Crippen MR) is 107 cm³/mol. The van der Waals surface area contributed by atoms with Crippen molar-refractivity contribution in [3.05, 3.63) is 41.7 Å². The molecule has 3 aromatic rings. The van der Waals surface area contributed by atoms with E-state index in [1.54, 1.807) is 0 Å². The van der Waals surface area contributed by atoms with Crippen molar-refractivity contribution in [3.63, 3.8) is 0 Å². The van der Waals surface area contributed by atoms with Crippen LogP contribution in [-0.4, -0.2) is 49.2 Å². The van der Waals surface area contributed by atoms with Crippen LogP contribution < -0.4 is 5.73 Å². The van der Waals surface area contributed by atoms with E-state index in [0.29, 0.717) is 22.8 Å². The van der Waals surface area contributed by atoms with E-state index in [-0.39, 0.29) is 5.69 Å². The minimum atomic E-state index is -0.580. The number of nitrogens with two attached hydrogens (primary N) is 1. The summed E-state index contributed by atoms with van der Waals surface area (Å²) >= 11 is 1.88. The number of primary amides is 1. The van der Waals surface area contributed by atoms with Gasteiger partial charge in [0, 0.05) is 30.3 Å². The lowest BCUT2D eigenvalue weighted by Crippen LogP contribution is -2.28. The fourth-order valence-corrected chi connectivity index (χ4v) is 4.38. The number of aromatic amines is 1. The first kappa shape index (κ1) is 17.9. The van der Waals surface area contributed by atoms with Crippen LogP contribution in [0.4, 0.5) is 0 Å². The summed E-state index contributed by atoms with van der Waals surface area (Å²) < 4.78 is 2.41. The van der Waals surface area contributed by atoms with Gasteiger partial charge in [-0.25, -0.2) is 9.97 Å². The summed E-state index contributed by atoms with van der Waals surface area (Å²) in [4.78, 5) is 21.1. The van der Waals surface area contributed by atoms with Crippen LogP contribution in [0, 0.1) is 0 Å². The van der Waals surface area contributed by atoms with Crippen molar-refractivity contribution in [3.8, 4) is 11.4 Å². The van der Waals surface area contributed by atoms with E-state index in [0.717, 1.165) is 42.9 Å². The third kappa shape index (κ3) is 3.54. The Morgan fingerprint density at radius 2 is 2.00 bits per heavy atom. The van der Waals surface area contributed by atoms with Gasteiger partial charge in [-0.15, -0.1) is 0 Å². The van der Waals surface area contributed by atoms with E-state index in [1.807, 2.05) is 42.3 Å². The number of nitrogens with zero attached hydrogens (tertiary/aromatic N) is 4. The number of rotatable bonds is 5. The molecule has 0 bridgehead atoms. The van der Waals surface area contributed by atoms with Crippen LogP contribution in [0.3, 0.4) is 0 Å². The molecule has 0 saturated carbocycles. The van der Waals surface area contributed by atoms with Crippen molar-refractivity contribution >= 4 is 28.9 Å². The quantitative estimate of drug-likeness (QED) is 0.658. The standard InChI is InChI=1S/C19H22N6OS/c1-2-27-25-10-8-12(9-11-25)14-15-16(24-23-14)17(18(20)26)22-19(21-15)13-6-4-3-5-7-13/h3-7,12H,2,8-11H2,1H3,(H2,20,26)(H,23,24). The van der Waals surface area contributed by atoms with Crippen LogP contribution in [0.15, 0.2) is 30.3 Å². The summed E-state index contributed by atoms with van der Waals surface area (Å²) in [7, 11) is 0. The molecule has 27 heavy (non-hydrogen) atoms. The molecule has 1 saturated heterocycles. The zero-order chi connectivity index (χ0) is 18.8. The highest BCUT2D eigenvalue weighted by Gasteiger charge is 2.27. The van der Waals surface area contributed by atoms with E-state index < -0.39 is 5.91 Å². The van der Waals surface area contributed by atoms with Gasteiger partial charge in [-0.05, 0) is 12.8 Å². The number of benzene rings is 1. The lowest BCUT2D eigenvalue weighted by molar-refractivity contribution is 0.0997. The third-order valence-corrected chi connectivity index (χ3v) is 5.85. The number of piperidine rings is 1. The number of carbonyl (C=O) groups excluding carboxylic acids is 1. The number of aromatic nitrogens is 4. The Morgan fingerprint density at radius 1 is 1.26 bits per heavy atom. The maximum atomic E-state index is 12.0. The number of fused-ring (bicyclic) bond motifs is 1. The number of carbonyl (C=O) groups is 1. The number of hydrogen-bond donors (Lipinski definition) is 2. The highest BCUT2D eigenvalue weighted by atomic mass is 32.2. The van der Waals surface area contributed by atoms with Gasteiger partial charge in [-0.3, -0.25) is 14.2 Å². The molecule has 0 unspecified atom stereocenters. The van der Waals surface area contributed by atoms with Gasteiger partial charge in [0.1, 0.15) is 11.0 Å². The molecule has 1 amide bonds. The van der Waals surface area contributed by atoms with Gasteiger partial charge in [-0.1, -0.05) is 49.2 Å². The largest absolute Gasteiger partial charge is 0.364 e. The minimum absolute atomic E-state index is 0.191. The van der Waals surface area contributed by atoms with Gasteiger partial charge in [0.2, 0.25) is 0 Å². The van der Waals surface area contributed by atoms with Crippen LogP contribution in [0.5, 0.6) is 0 Å². The predicted octanol–water partition coefficient (Wildman–Crippen LogP) is 2.97. The SMILES string of the molecule is CCSN1CCC(c2n[nH]c3c(C(N)=O)nc(-c4ccccc4)nc23)CC1. The van der Waals surface area contributed by atoms with Crippen molar-refractivity contribution < 1.29 is 4.79 Å². The molecule has 1 aliphatic heterocycles. The molecule has 0 aliphatic carbocycles. The Balaban J connectivity index is 1.75. The number of nitrogens with one attached hydrogen (secondary N) is 1. The molecule has 1 aliphatic rings. The Bertz CT molecular complexity index is 949. The maximum absolute atomic E-state index is 12.0. The Labute approximate surface area is 161 Å².